The number of aryl methyl sites for hydroxylation is 2. The van der Waals surface area contributed by atoms with E-state index >= 15 is 0 Å². The average molecular weight is 286 g/mol. The van der Waals surface area contributed by atoms with Crippen LogP contribution in [0, 0.1) is 20.4 Å². The van der Waals surface area contributed by atoms with Crippen molar-refractivity contribution >= 4 is 23.0 Å². The molecule has 4 nitrogen and oxygen atoms in total. The van der Waals surface area contributed by atoms with Crippen LogP contribution in [0.25, 0.3) is 15.4 Å². The van der Waals surface area contributed by atoms with E-state index in [0.717, 1.165) is 16.1 Å². The molecule has 0 amide bonds. The first-order valence-corrected chi connectivity index (χ1v) is 7.01. The van der Waals surface area contributed by atoms with Gasteiger partial charge in [-0.15, -0.1) is 11.3 Å². The van der Waals surface area contributed by atoms with Gasteiger partial charge in [0.15, 0.2) is 5.69 Å². The summed E-state index contributed by atoms with van der Waals surface area (Å²) < 4.78 is 5.00. The molecule has 1 aromatic carbocycles. The molecule has 2 rings (SSSR count). The van der Waals surface area contributed by atoms with Crippen LogP contribution in [0.15, 0.2) is 18.2 Å². The van der Waals surface area contributed by atoms with Gasteiger partial charge in [-0.1, -0.05) is 12.1 Å². The van der Waals surface area contributed by atoms with Gasteiger partial charge in [-0.2, -0.15) is 0 Å². The van der Waals surface area contributed by atoms with E-state index in [2.05, 4.69) is 9.83 Å². The van der Waals surface area contributed by atoms with Crippen molar-refractivity contribution in [3.63, 3.8) is 0 Å². The molecule has 102 valence electrons. The molecule has 0 saturated heterocycles. The molecule has 2 aromatic rings. The van der Waals surface area contributed by atoms with E-state index in [9.17, 15) is 4.79 Å². The summed E-state index contributed by atoms with van der Waals surface area (Å²) in [4.78, 5) is 20.2. The minimum Gasteiger partial charge on any atom is -0.462 e. The second-order valence-corrected chi connectivity index (χ2v) is 5.27. The van der Waals surface area contributed by atoms with Crippen LogP contribution < -0.4 is 0 Å². The Morgan fingerprint density at radius 3 is 2.85 bits per heavy atom. The zero-order valence-electron chi connectivity index (χ0n) is 11.6. The van der Waals surface area contributed by atoms with Gasteiger partial charge < -0.3 is 4.74 Å². The lowest BCUT2D eigenvalue weighted by atomic mass is 10.1. The molecule has 0 aliphatic heterocycles. The van der Waals surface area contributed by atoms with Crippen molar-refractivity contribution in [3.8, 4) is 10.6 Å². The van der Waals surface area contributed by atoms with E-state index in [1.54, 1.807) is 19.9 Å². The molecule has 0 N–H and O–H groups in total. The molecule has 0 radical (unpaired) electrons. The van der Waals surface area contributed by atoms with Crippen molar-refractivity contribution in [1.82, 2.24) is 4.98 Å². The number of benzene rings is 1. The normalized spacial score (nSPS) is 10.1. The minimum atomic E-state index is -0.341. The maximum atomic E-state index is 11.8. The lowest BCUT2D eigenvalue weighted by molar-refractivity contribution is 0.0531. The van der Waals surface area contributed by atoms with Crippen LogP contribution in [-0.2, 0) is 4.74 Å². The summed E-state index contributed by atoms with van der Waals surface area (Å²) in [6, 6.07) is 5.61. The molecule has 0 bridgehead atoms. The largest absolute Gasteiger partial charge is 0.462 e. The summed E-state index contributed by atoms with van der Waals surface area (Å²) in [6.45, 7) is 13.0. The maximum Gasteiger partial charge on any atom is 0.350 e. The molecule has 0 unspecified atom stereocenters. The number of carbonyl (C=O) groups excluding carboxylic acids is 1. The van der Waals surface area contributed by atoms with Gasteiger partial charge >= 0.3 is 5.97 Å². The first kappa shape index (κ1) is 14.2. The Morgan fingerprint density at radius 2 is 2.20 bits per heavy atom. The van der Waals surface area contributed by atoms with Gasteiger partial charge in [0.05, 0.1) is 18.9 Å². The smallest absolute Gasteiger partial charge is 0.350 e. The molecule has 5 heteroatoms. The van der Waals surface area contributed by atoms with Crippen LogP contribution in [0.2, 0.25) is 0 Å². The zero-order valence-corrected chi connectivity index (χ0v) is 12.4. The fourth-order valence-electron chi connectivity index (χ4n) is 1.77. The van der Waals surface area contributed by atoms with Crippen molar-refractivity contribution in [2.45, 2.75) is 20.8 Å². The summed E-state index contributed by atoms with van der Waals surface area (Å²) in [5.74, 6) is -0.341. The molecule has 0 spiro atoms. The molecule has 1 aromatic heterocycles. The predicted octanol–water partition coefficient (Wildman–Crippen LogP) is 4.15. The van der Waals surface area contributed by atoms with E-state index in [4.69, 9.17) is 11.3 Å². The molecular formula is C15H14N2O2S. The SMILES string of the molecule is [C-]#[N+]c1cc(-c2nc(C)c(C(=O)OCC)s2)ccc1C. The third kappa shape index (κ3) is 2.70. The number of thiazole rings is 1. The van der Waals surface area contributed by atoms with Crippen LogP contribution in [0.3, 0.4) is 0 Å². The highest BCUT2D eigenvalue weighted by Gasteiger charge is 2.17. The highest BCUT2D eigenvalue weighted by Crippen LogP contribution is 2.32. The number of nitrogens with zero attached hydrogens (tertiary/aromatic N) is 2. The first-order chi connectivity index (χ1) is 9.56. The van der Waals surface area contributed by atoms with E-state index in [-0.39, 0.29) is 5.97 Å². The van der Waals surface area contributed by atoms with E-state index < -0.39 is 0 Å². The fraction of sp³-hybridized carbons (Fsp3) is 0.267. The zero-order chi connectivity index (χ0) is 14.7. The molecule has 1 heterocycles. The summed E-state index contributed by atoms with van der Waals surface area (Å²) >= 11 is 1.30. The number of esters is 1. The number of rotatable bonds is 3. The quantitative estimate of drug-likeness (QED) is 0.628. The van der Waals surface area contributed by atoms with Gasteiger partial charge in [0.2, 0.25) is 0 Å². The Hall–Kier alpha value is -2.19. The number of hydrogen-bond donors (Lipinski definition) is 0. The average Bonchev–Trinajstić information content (AvgIpc) is 2.82. The van der Waals surface area contributed by atoms with Gasteiger partial charge in [-0.05, 0) is 32.4 Å². The Balaban J connectivity index is 2.42. The van der Waals surface area contributed by atoms with Crippen molar-refractivity contribution < 1.29 is 9.53 Å². The van der Waals surface area contributed by atoms with Gasteiger partial charge in [0.25, 0.3) is 0 Å². The van der Waals surface area contributed by atoms with E-state index in [1.165, 1.54) is 11.3 Å². The van der Waals surface area contributed by atoms with Gasteiger partial charge in [0.1, 0.15) is 9.88 Å². The Kier molecular flexibility index (Phi) is 4.16. The Labute approximate surface area is 121 Å². The molecule has 0 fully saturated rings. The Morgan fingerprint density at radius 1 is 1.45 bits per heavy atom. The molecule has 0 aliphatic carbocycles. The molecular weight excluding hydrogens is 272 g/mol. The standard InChI is InChI=1S/C15H14N2O2S/c1-5-19-15(18)13-10(3)17-14(20-13)11-7-6-9(2)12(8-11)16-4/h6-8H,5H2,1-3H3. The third-order valence-electron chi connectivity index (χ3n) is 2.83. The van der Waals surface area contributed by atoms with Crippen LogP contribution in [0.1, 0.15) is 27.9 Å². The molecule has 20 heavy (non-hydrogen) atoms. The lowest BCUT2D eigenvalue weighted by Gasteiger charge is -2.00. The van der Waals surface area contributed by atoms with Crippen molar-refractivity contribution in [3.05, 3.63) is 45.8 Å². The Bertz CT molecular complexity index is 698. The maximum absolute atomic E-state index is 11.8. The topological polar surface area (TPSA) is 43.5 Å². The number of carbonyl (C=O) groups is 1. The monoisotopic (exact) mass is 286 g/mol. The first-order valence-electron chi connectivity index (χ1n) is 6.19. The van der Waals surface area contributed by atoms with Crippen LogP contribution >= 0.6 is 11.3 Å². The number of hydrogen-bond acceptors (Lipinski definition) is 4. The van der Waals surface area contributed by atoms with Crippen LogP contribution in [-0.4, -0.2) is 17.6 Å². The summed E-state index contributed by atoms with van der Waals surface area (Å²) in [7, 11) is 0. The molecule has 0 aliphatic rings. The second kappa shape index (κ2) is 5.85. The fourth-order valence-corrected chi connectivity index (χ4v) is 2.73. The highest BCUT2D eigenvalue weighted by atomic mass is 32.1. The number of ether oxygens (including phenoxy) is 1. The molecule has 0 atom stereocenters. The van der Waals surface area contributed by atoms with Crippen molar-refractivity contribution in [2.24, 2.45) is 0 Å². The minimum absolute atomic E-state index is 0.341. The second-order valence-electron chi connectivity index (χ2n) is 4.27. The highest BCUT2D eigenvalue weighted by molar-refractivity contribution is 7.17. The summed E-state index contributed by atoms with van der Waals surface area (Å²) in [5, 5.41) is 0.732. The van der Waals surface area contributed by atoms with Gasteiger partial charge in [0, 0.05) is 5.56 Å². The third-order valence-corrected chi connectivity index (χ3v) is 4.02. The van der Waals surface area contributed by atoms with E-state index in [1.807, 2.05) is 19.1 Å². The number of aromatic nitrogens is 1. The molecule has 0 saturated carbocycles. The predicted molar refractivity (Wildman–Crippen MR) is 79.2 cm³/mol. The lowest BCUT2D eigenvalue weighted by Crippen LogP contribution is -2.03. The summed E-state index contributed by atoms with van der Waals surface area (Å²) in [6.07, 6.45) is 0. The van der Waals surface area contributed by atoms with Gasteiger partial charge in [-0.25, -0.2) is 14.6 Å². The van der Waals surface area contributed by atoms with Crippen molar-refractivity contribution in [2.75, 3.05) is 6.61 Å². The van der Waals surface area contributed by atoms with Crippen molar-refractivity contribution in [1.29, 1.82) is 0 Å². The van der Waals surface area contributed by atoms with Crippen LogP contribution in [0.5, 0.6) is 0 Å². The van der Waals surface area contributed by atoms with Gasteiger partial charge in [-0.3, -0.25) is 0 Å². The summed E-state index contributed by atoms with van der Waals surface area (Å²) in [5.41, 5.74) is 3.05. The van der Waals surface area contributed by atoms with E-state index in [0.29, 0.717) is 22.9 Å². The van der Waals surface area contributed by atoms with Crippen LogP contribution in [0.4, 0.5) is 5.69 Å².